The van der Waals surface area contributed by atoms with Gasteiger partial charge in [0.25, 0.3) is 0 Å². The van der Waals surface area contributed by atoms with Crippen LogP contribution in [0.3, 0.4) is 0 Å². The second-order valence-corrected chi connectivity index (χ2v) is 2.41. The maximum Gasteiger partial charge on any atom is 0.320 e. The fourth-order valence-corrected chi connectivity index (χ4v) is 0.763. The van der Waals surface area contributed by atoms with E-state index in [0.717, 1.165) is 0 Å². The Labute approximate surface area is 75.8 Å². The SMILES string of the molecule is C#CCNC(CCC(=O)O)C(=O)O. The summed E-state index contributed by atoms with van der Waals surface area (Å²) < 4.78 is 0. The van der Waals surface area contributed by atoms with Gasteiger partial charge in [0.15, 0.2) is 0 Å². The van der Waals surface area contributed by atoms with E-state index in [1.54, 1.807) is 0 Å². The number of hydrogen-bond donors (Lipinski definition) is 3. The van der Waals surface area contributed by atoms with Crippen LogP contribution >= 0.6 is 0 Å². The van der Waals surface area contributed by atoms with Crippen LogP contribution in [0.5, 0.6) is 0 Å². The highest BCUT2D eigenvalue weighted by atomic mass is 16.4. The number of hydrogen-bond acceptors (Lipinski definition) is 3. The highest BCUT2D eigenvalue weighted by molar-refractivity contribution is 5.75. The molecule has 0 amide bonds. The summed E-state index contributed by atoms with van der Waals surface area (Å²) in [5.74, 6) is 0.113. The molecule has 0 rings (SSSR count). The molecular formula is C8H11NO4. The Morgan fingerprint density at radius 2 is 2.08 bits per heavy atom. The van der Waals surface area contributed by atoms with Crippen LogP contribution in [0.1, 0.15) is 12.8 Å². The molecule has 0 saturated heterocycles. The van der Waals surface area contributed by atoms with Gasteiger partial charge < -0.3 is 10.2 Å². The molecule has 0 aromatic heterocycles. The minimum absolute atomic E-state index is 0.0341. The molecular weight excluding hydrogens is 174 g/mol. The minimum Gasteiger partial charge on any atom is -0.481 e. The van der Waals surface area contributed by atoms with Crippen molar-refractivity contribution in [2.75, 3.05) is 6.54 Å². The molecule has 0 fully saturated rings. The Balaban J connectivity index is 3.89. The van der Waals surface area contributed by atoms with E-state index < -0.39 is 18.0 Å². The monoisotopic (exact) mass is 185 g/mol. The van der Waals surface area contributed by atoms with Crippen LogP contribution in [0.25, 0.3) is 0 Å². The number of nitrogens with one attached hydrogen (secondary N) is 1. The average molecular weight is 185 g/mol. The standard InChI is InChI=1S/C8H11NO4/c1-2-5-9-6(8(12)13)3-4-7(10)11/h1,6,9H,3-5H2,(H,10,11)(H,12,13). The lowest BCUT2D eigenvalue weighted by Crippen LogP contribution is -2.37. The molecule has 1 unspecified atom stereocenters. The third-order valence-corrected chi connectivity index (χ3v) is 1.40. The zero-order chi connectivity index (χ0) is 10.3. The van der Waals surface area contributed by atoms with Crippen molar-refractivity contribution < 1.29 is 19.8 Å². The van der Waals surface area contributed by atoms with Crippen LogP contribution in [-0.4, -0.2) is 34.7 Å². The van der Waals surface area contributed by atoms with E-state index in [4.69, 9.17) is 16.6 Å². The molecule has 0 heterocycles. The summed E-state index contributed by atoms with van der Waals surface area (Å²) in [4.78, 5) is 20.6. The zero-order valence-corrected chi connectivity index (χ0v) is 6.99. The second-order valence-electron chi connectivity index (χ2n) is 2.41. The summed E-state index contributed by atoms with van der Waals surface area (Å²) in [7, 11) is 0. The molecule has 5 heteroatoms. The lowest BCUT2D eigenvalue weighted by Gasteiger charge is -2.10. The van der Waals surface area contributed by atoms with Gasteiger partial charge >= 0.3 is 11.9 Å². The fourth-order valence-electron chi connectivity index (χ4n) is 0.763. The van der Waals surface area contributed by atoms with E-state index in [1.165, 1.54) is 0 Å². The quantitative estimate of drug-likeness (QED) is 0.487. The zero-order valence-electron chi connectivity index (χ0n) is 6.99. The molecule has 5 nitrogen and oxygen atoms in total. The van der Waals surface area contributed by atoms with Gasteiger partial charge in [-0.05, 0) is 6.42 Å². The lowest BCUT2D eigenvalue weighted by atomic mass is 10.1. The Morgan fingerprint density at radius 3 is 2.46 bits per heavy atom. The molecule has 0 saturated carbocycles. The van der Waals surface area contributed by atoms with Gasteiger partial charge in [-0.3, -0.25) is 14.9 Å². The Morgan fingerprint density at radius 1 is 1.46 bits per heavy atom. The Bertz CT molecular complexity index is 231. The third kappa shape index (κ3) is 5.70. The third-order valence-electron chi connectivity index (χ3n) is 1.40. The smallest absolute Gasteiger partial charge is 0.320 e. The molecule has 0 aromatic carbocycles. The summed E-state index contributed by atoms with van der Waals surface area (Å²) in [5, 5.41) is 19.4. The summed E-state index contributed by atoms with van der Waals surface area (Å²) >= 11 is 0. The van der Waals surface area contributed by atoms with Crippen molar-refractivity contribution in [3.8, 4) is 12.3 Å². The molecule has 0 radical (unpaired) electrons. The maximum absolute atomic E-state index is 10.5. The first-order valence-electron chi connectivity index (χ1n) is 3.69. The van der Waals surface area contributed by atoms with Gasteiger partial charge in [-0.1, -0.05) is 5.92 Å². The fraction of sp³-hybridized carbons (Fsp3) is 0.500. The Hall–Kier alpha value is -1.54. The van der Waals surface area contributed by atoms with E-state index in [2.05, 4.69) is 11.2 Å². The molecule has 0 spiro atoms. The minimum atomic E-state index is -1.09. The molecule has 0 aliphatic rings. The predicted molar refractivity (Wildman–Crippen MR) is 45.1 cm³/mol. The number of terminal acetylenes is 1. The first-order chi connectivity index (χ1) is 6.07. The summed E-state index contributed by atoms with van der Waals surface area (Å²) in [6, 6.07) is -0.882. The van der Waals surface area contributed by atoms with Crippen molar-refractivity contribution in [3.63, 3.8) is 0 Å². The average Bonchev–Trinajstić information content (AvgIpc) is 2.03. The molecule has 0 aliphatic heterocycles. The van der Waals surface area contributed by atoms with Crippen LogP contribution in [0.2, 0.25) is 0 Å². The highest BCUT2D eigenvalue weighted by Gasteiger charge is 2.16. The number of carboxylic acids is 2. The van der Waals surface area contributed by atoms with Crippen molar-refractivity contribution in [1.82, 2.24) is 5.32 Å². The lowest BCUT2D eigenvalue weighted by molar-refractivity contribution is -0.140. The van der Waals surface area contributed by atoms with Gasteiger partial charge in [-0.2, -0.15) is 0 Å². The van der Waals surface area contributed by atoms with Gasteiger partial charge in [0.1, 0.15) is 6.04 Å². The van der Waals surface area contributed by atoms with E-state index in [-0.39, 0.29) is 19.4 Å². The van der Waals surface area contributed by atoms with Crippen molar-refractivity contribution in [2.45, 2.75) is 18.9 Å². The van der Waals surface area contributed by atoms with Crippen LogP contribution in [0, 0.1) is 12.3 Å². The van der Waals surface area contributed by atoms with Crippen molar-refractivity contribution in [2.24, 2.45) is 0 Å². The molecule has 0 aliphatic carbocycles. The van der Waals surface area contributed by atoms with Crippen LogP contribution < -0.4 is 5.32 Å². The number of aliphatic carboxylic acids is 2. The molecule has 3 N–H and O–H groups in total. The van der Waals surface area contributed by atoms with Gasteiger partial charge in [0.2, 0.25) is 0 Å². The predicted octanol–water partition coefficient (Wildman–Crippen LogP) is -0.473. The van der Waals surface area contributed by atoms with Gasteiger partial charge in [0, 0.05) is 6.42 Å². The van der Waals surface area contributed by atoms with Crippen molar-refractivity contribution in [1.29, 1.82) is 0 Å². The first kappa shape index (κ1) is 11.5. The maximum atomic E-state index is 10.5. The summed E-state index contributed by atoms with van der Waals surface area (Å²) in [6.45, 7) is 0.122. The van der Waals surface area contributed by atoms with Crippen LogP contribution in [0.15, 0.2) is 0 Å². The summed E-state index contributed by atoms with van der Waals surface area (Å²) in [5.41, 5.74) is 0. The van der Waals surface area contributed by atoms with Crippen LogP contribution in [-0.2, 0) is 9.59 Å². The van der Waals surface area contributed by atoms with E-state index in [0.29, 0.717) is 0 Å². The van der Waals surface area contributed by atoms with Gasteiger partial charge in [0.05, 0.1) is 6.54 Å². The first-order valence-corrected chi connectivity index (χ1v) is 3.69. The van der Waals surface area contributed by atoms with Gasteiger partial charge in [-0.15, -0.1) is 6.42 Å². The number of rotatable bonds is 6. The molecule has 0 aromatic rings. The number of carboxylic acid groups (broad SMARTS) is 2. The molecule has 0 bridgehead atoms. The van der Waals surface area contributed by atoms with Crippen molar-refractivity contribution in [3.05, 3.63) is 0 Å². The van der Waals surface area contributed by atoms with Crippen molar-refractivity contribution >= 4 is 11.9 Å². The van der Waals surface area contributed by atoms with Gasteiger partial charge in [-0.25, -0.2) is 0 Å². The summed E-state index contributed by atoms with van der Waals surface area (Å²) in [6.07, 6.45) is 4.76. The highest BCUT2D eigenvalue weighted by Crippen LogP contribution is 1.97. The van der Waals surface area contributed by atoms with E-state index in [1.807, 2.05) is 0 Å². The second kappa shape index (κ2) is 6.03. The normalized spacial score (nSPS) is 11.6. The number of carbonyl (C=O) groups is 2. The molecule has 72 valence electrons. The topological polar surface area (TPSA) is 86.6 Å². The van der Waals surface area contributed by atoms with E-state index >= 15 is 0 Å². The molecule has 13 heavy (non-hydrogen) atoms. The largest absolute Gasteiger partial charge is 0.481 e. The molecule has 1 atom stereocenters. The van der Waals surface area contributed by atoms with E-state index in [9.17, 15) is 9.59 Å². The van der Waals surface area contributed by atoms with Crippen LogP contribution in [0.4, 0.5) is 0 Å². The Kier molecular flexibility index (Phi) is 5.32.